The Hall–Kier alpha value is -0.260. The second kappa shape index (κ2) is 18.0. The predicted molar refractivity (Wildman–Crippen MR) is 240 cm³/mol. The Morgan fingerprint density at radius 2 is 1.00 bits per heavy atom. The lowest BCUT2D eigenvalue weighted by Gasteiger charge is -2.55. The van der Waals surface area contributed by atoms with Crippen LogP contribution < -0.4 is 0 Å². The largest absolute Gasteiger partial charge is 0.0676 e. The summed E-state index contributed by atoms with van der Waals surface area (Å²) in [7, 11) is 0. The fourth-order valence-electron chi connectivity index (χ4n) is 19.4. The first kappa shape index (κ1) is 41.1. The van der Waals surface area contributed by atoms with Crippen molar-refractivity contribution in [3.05, 3.63) is 11.1 Å². The van der Waals surface area contributed by atoms with Gasteiger partial charge < -0.3 is 0 Å². The van der Waals surface area contributed by atoms with Crippen molar-refractivity contribution in [3.63, 3.8) is 0 Å². The molecule has 0 aliphatic heterocycles. The Balaban J connectivity index is 0.888. The predicted octanol–water partition coefficient (Wildman–Crippen LogP) is 16.8. The van der Waals surface area contributed by atoms with Gasteiger partial charge in [-0.1, -0.05) is 117 Å². The number of hydrogen-bond acceptors (Lipinski definition) is 0. The Bertz CT molecular complexity index is 1300. The van der Waals surface area contributed by atoms with Gasteiger partial charge in [0.1, 0.15) is 0 Å². The molecule has 0 saturated heterocycles. The van der Waals surface area contributed by atoms with Gasteiger partial charge >= 0.3 is 0 Å². The van der Waals surface area contributed by atoms with E-state index in [1.54, 1.807) is 122 Å². The number of hydrogen-bond donors (Lipinski definition) is 0. The second-order valence-corrected chi connectivity index (χ2v) is 24.3. The molecule has 9 aliphatic carbocycles. The summed E-state index contributed by atoms with van der Waals surface area (Å²) in [6, 6.07) is 0. The highest BCUT2D eigenvalue weighted by molar-refractivity contribution is 5.28. The quantitative estimate of drug-likeness (QED) is 0.226. The lowest BCUT2D eigenvalue weighted by Crippen LogP contribution is -2.47. The van der Waals surface area contributed by atoms with Gasteiger partial charge in [0.05, 0.1) is 0 Å². The van der Waals surface area contributed by atoms with Crippen LogP contribution in [0.5, 0.6) is 0 Å². The lowest BCUT2D eigenvalue weighted by atomic mass is 9.49. The van der Waals surface area contributed by atoms with Gasteiger partial charge in [-0.25, -0.2) is 0 Å². The van der Waals surface area contributed by atoms with E-state index in [4.69, 9.17) is 0 Å². The van der Waals surface area contributed by atoms with Gasteiger partial charge in [0.2, 0.25) is 0 Å². The summed E-state index contributed by atoms with van der Waals surface area (Å²) in [6.07, 6.45) is 43.4. The Kier molecular flexibility index (Phi) is 13.2. The second-order valence-electron chi connectivity index (χ2n) is 24.3. The van der Waals surface area contributed by atoms with Gasteiger partial charge in [-0.2, -0.15) is 0 Å². The number of allylic oxidation sites excluding steroid dienone is 2. The molecule has 0 amide bonds. The van der Waals surface area contributed by atoms with Crippen LogP contribution in [0.4, 0.5) is 0 Å². The molecular formula is C56H94. The molecule has 0 nitrogen and oxygen atoms in total. The van der Waals surface area contributed by atoms with Gasteiger partial charge in [0.25, 0.3) is 0 Å². The molecule has 318 valence electrons. The van der Waals surface area contributed by atoms with Crippen molar-refractivity contribution in [1.82, 2.24) is 0 Å². The van der Waals surface area contributed by atoms with Crippen molar-refractivity contribution in [1.29, 1.82) is 0 Å². The monoisotopic (exact) mass is 767 g/mol. The maximum absolute atomic E-state index is 2.84. The van der Waals surface area contributed by atoms with Crippen LogP contribution in [0.2, 0.25) is 0 Å². The van der Waals surface area contributed by atoms with E-state index in [0.717, 1.165) is 118 Å². The first-order chi connectivity index (χ1) is 27.3. The first-order valence-corrected chi connectivity index (χ1v) is 27.0. The van der Waals surface area contributed by atoms with Gasteiger partial charge in [0, 0.05) is 0 Å². The van der Waals surface area contributed by atoms with Crippen LogP contribution in [0.15, 0.2) is 11.1 Å². The molecule has 9 rings (SSSR count). The summed E-state index contributed by atoms with van der Waals surface area (Å²) >= 11 is 0. The van der Waals surface area contributed by atoms with Crippen LogP contribution >= 0.6 is 0 Å². The van der Waals surface area contributed by atoms with Crippen LogP contribution in [0, 0.1) is 118 Å². The van der Waals surface area contributed by atoms with Gasteiger partial charge in [0.15, 0.2) is 0 Å². The third kappa shape index (κ3) is 7.99. The average Bonchev–Trinajstić information content (AvgIpc) is 3.22. The minimum Gasteiger partial charge on any atom is -0.0676 e. The fraction of sp³-hybridized carbons (Fsp3) is 0.964. The molecule has 0 aromatic rings. The van der Waals surface area contributed by atoms with E-state index in [0.29, 0.717) is 0 Å². The molecule has 8 fully saturated rings. The van der Waals surface area contributed by atoms with E-state index in [1.807, 2.05) is 0 Å². The third-order valence-electron chi connectivity index (χ3n) is 22.4. The topological polar surface area (TPSA) is 0 Å². The molecule has 0 aromatic heterocycles. The van der Waals surface area contributed by atoms with E-state index in [9.17, 15) is 0 Å². The highest BCUT2D eigenvalue weighted by atomic mass is 14.6. The fourth-order valence-corrected chi connectivity index (χ4v) is 19.4. The molecule has 0 heteroatoms. The molecule has 0 heterocycles. The molecule has 0 spiro atoms. The maximum Gasteiger partial charge on any atom is -0.0141 e. The normalized spacial score (nSPS) is 50.6. The minimum atomic E-state index is 0.929. The highest BCUT2D eigenvalue weighted by Crippen LogP contribution is 2.61. The standard InChI is InChI=1S/C56H94/c1-7-39-18-22-48(47-23-19-41-13-9-11-15-45(41)32-47)34-50-25-21-44(37(5)55(50)36(39)4)31-40(8-2)51-29-26-43-27-30-53-52(28-17-35(3)54(53)56(43)38(51)6)49-24-20-42-14-10-12-16-46(42)33-49/h35-51,54-56H,7-34H2,1-6H3. The summed E-state index contributed by atoms with van der Waals surface area (Å²) in [5.41, 5.74) is 4.16. The van der Waals surface area contributed by atoms with Crippen LogP contribution in [0.1, 0.15) is 221 Å². The summed E-state index contributed by atoms with van der Waals surface area (Å²) in [5.74, 6) is 20.1. The molecule has 0 radical (unpaired) electrons. The zero-order valence-corrected chi connectivity index (χ0v) is 38.3. The number of fused-ring (bicyclic) bond motifs is 6. The molecule has 0 bridgehead atoms. The molecule has 8 saturated carbocycles. The molecule has 20 atom stereocenters. The van der Waals surface area contributed by atoms with Crippen molar-refractivity contribution < 1.29 is 0 Å². The van der Waals surface area contributed by atoms with Crippen LogP contribution in [-0.2, 0) is 0 Å². The smallest absolute Gasteiger partial charge is 0.0141 e. The number of rotatable bonds is 7. The van der Waals surface area contributed by atoms with Gasteiger partial charge in [-0.05, 0) is 234 Å². The molecular weight excluding hydrogens is 673 g/mol. The average molecular weight is 767 g/mol. The highest BCUT2D eigenvalue weighted by Gasteiger charge is 2.51. The van der Waals surface area contributed by atoms with E-state index in [2.05, 4.69) is 52.7 Å². The third-order valence-corrected chi connectivity index (χ3v) is 22.4. The summed E-state index contributed by atoms with van der Waals surface area (Å²) < 4.78 is 0. The van der Waals surface area contributed by atoms with Gasteiger partial charge in [-0.3, -0.25) is 0 Å². The van der Waals surface area contributed by atoms with E-state index in [1.165, 1.54) is 57.8 Å². The Labute approximate surface area is 349 Å². The van der Waals surface area contributed by atoms with E-state index >= 15 is 0 Å². The van der Waals surface area contributed by atoms with Crippen molar-refractivity contribution in [2.75, 3.05) is 0 Å². The Morgan fingerprint density at radius 1 is 0.446 bits per heavy atom. The molecule has 9 aliphatic rings. The Morgan fingerprint density at radius 3 is 1.73 bits per heavy atom. The van der Waals surface area contributed by atoms with Crippen molar-refractivity contribution in [3.8, 4) is 0 Å². The molecule has 56 heavy (non-hydrogen) atoms. The zero-order valence-electron chi connectivity index (χ0n) is 38.3. The maximum atomic E-state index is 2.84. The summed E-state index contributed by atoms with van der Waals surface area (Å²) in [5, 5.41) is 0. The van der Waals surface area contributed by atoms with Crippen molar-refractivity contribution in [2.24, 2.45) is 118 Å². The summed E-state index contributed by atoms with van der Waals surface area (Å²) in [4.78, 5) is 0. The first-order valence-electron chi connectivity index (χ1n) is 27.0. The SMILES string of the molecule is CCC1CCC(C2CCC3CCCCC3C2)CC2CCC(CC(CC)C3CCC4CCC5=C(C6CCC7CCCCC7C6)CCC(C)C5C4C3C)C(C)C2C1C. The molecule has 0 N–H and O–H groups in total. The van der Waals surface area contributed by atoms with Crippen molar-refractivity contribution >= 4 is 0 Å². The zero-order chi connectivity index (χ0) is 38.5. The summed E-state index contributed by atoms with van der Waals surface area (Å²) in [6.45, 7) is 16.4. The van der Waals surface area contributed by atoms with Crippen LogP contribution in [0.25, 0.3) is 0 Å². The van der Waals surface area contributed by atoms with Crippen LogP contribution in [-0.4, -0.2) is 0 Å². The lowest BCUT2D eigenvalue weighted by molar-refractivity contribution is -0.0335. The minimum absolute atomic E-state index is 0.929. The molecule has 20 unspecified atom stereocenters. The van der Waals surface area contributed by atoms with Gasteiger partial charge in [-0.15, -0.1) is 0 Å². The molecule has 0 aromatic carbocycles. The van der Waals surface area contributed by atoms with Crippen LogP contribution in [0.3, 0.4) is 0 Å². The van der Waals surface area contributed by atoms with Crippen molar-refractivity contribution in [2.45, 2.75) is 221 Å². The van der Waals surface area contributed by atoms with E-state index < -0.39 is 0 Å². The van der Waals surface area contributed by atoms with E-state index in [-0.39, 0.29) is 0 Å².